The maximum atomic E-state index is 5.79. The van der Waals surface area contributed by atoms with Gasteiger partial charge in [0.25, 0.3) is 0 Å². The Morgan fingerprint density at radius 1 is 1.40 bits per heavy atom. The van der Waals surface area contributed by atoms with Crippen LogP contribution in [0.4, 0.5) is 0 Å². The highest BCUT2D eigenvalue weighted by Gasteiger charge is 1.99. The Balaban J connectivity index is 0.00000112. The third-order valence-electron chi connectivity index (χ3n) is 2.27. The maximum absolute atomic E-state index is 5.79. The number of benzene rings is 1. The number of rotatable bonds is 2. The zero-order chi connectivity index (χ0) is 9.97. The molecular formula is C11H12Cl2N2. The van der Waals surface area contributed by atoms with E-state index < -0.39 is 0 Å². The molecular weight excluding hydrogens is 231 g/mol. The van der Waals surface area contributed by atoms with Crippen molar-refractivity contribution in [3.05, 3.63) is 48.0 Å². The van der Waals surface area contributed by atoms with Crippen molar-refractivity contribution in [2.24, 2.45) is 0 Å². The smallest absolute Gasteiger partial charge is 0.0991 e. The molecule has 0 saturated heterocycles. The Labute approximate surface area is 100 Å². The Morgan fingerprint density at radius 3 is 2.73 bits per heavy atom. The second-order valence-electron chi connectivity index (χ2n) is 3.21. The molecule has 0 atom stereocenters. The average molecular weight is 243 g/mol. The van der Waals surface area contributed by atoms with E-state index in [-0.39, 0.29) is 12.4 Å². The van der Waals surface area contributed by atoms with Gasteiger partial charge in [0, 0.05) is 24.0 Å². The lowest BCUT2D eigenvalue weighted by molar-refractivity contribution is 1.05. The van der Waals surface area contributed by atoms with Gasteiger partial charge in [-0.05, 0) is 30.2 Å². The van der Waals surface area contributed by atoms with Crippen LogP contribution in [0.2, 0.25) is 0 Å². The van der Waals surface area contributed by atoms with Crippen molar-refractivity contribution < 1.29 is 0 Å². The van der Waals surface area contributed by atoms with Crippen LogP contribution in [0.3, 0.4) is 0 Å². The normalized spacial score (nSPS) is 9.73. The van der Waals surface area contributed by atoms with E-state index in [2.05, 4.69) is 24.0 Å². The second kappa shape index (κ2) is 5.19. The van der Waals surface area contributed by atoms with Crippen LogP contribution in [0.15, 0.2) is 36.9 Å². The quantitative estimate of drug-likeness (QED) is 0.739. The first-order chi connectivity index (χ1) is 6.81. The van der Waals surface area contributed by atoms with Crippen molar-refractivity contribution in [2.45, 2.75) is 12.8 Å². The molecule has 0 bridgehead atoms. The molecule has 0 saturated carbocycles. The van der Waals surface area contributed by atoms with E-state index in [1.807, 2.05) is 16.8 Å². The van der Waals surface area contributed by atoms with Gasteiger partial charge in [-0.2, -0.15) is 0 Å². The van der Waals surface area contributed by atoms with Crippen LogP contribution >= 0.6 is 24.0 Å². The Hall–Kier alpha value is -0.990. The molecule has 0 unspecified atom stereocenters. The molecule has 15 heavy (non-hydrogen) atoms. The van der Waals surface area contributed by atoms with Crippen LogP contribution in [0.5, 0.6) is 0 Å². The van der Waals surface area contributed by atoms with E-state index in [1.54, 1.807) is 12.5 Å². The molecule has 1 aromatic heterocycles. The maximum Gasteiger partial charge on any atom is 0.0991 e. The van der Waals surface area contributed by atoms with Crippen LogP contribution in [0.25, 0.3) is 5.69 Å². The lowest BCUT2D eigenvalue weighted by Crippen LogP contribution is -1.92. The summed E-state index contributed by atoms with van der Waals surface area (Å²) in [5, 5.41) is 0. The number of aromatic nitrogens is 2. The molecule has 0 radical (unpaired) electrons. The van der Waals surface area contributed by atoms with Crippen LogP contribution < -0.4 is 0 Å². The van der Waals surface area contributed by atoms with Gasteiger partial charge in [-0.1, -0.05) is 6.07 Å². The summed E-state index contributed by atoms with van der Waals surface area (Å²) in [6.07, 6.45) is 5.48. The minimum Gasteiger partial charge on any atom is -0.306 e. The van der Waals surface area contributed by atoms with Crippen molar-refractivity contribution >= 4 is 24.0 Å². The van der Waals surface area contributed by atoms with Crippen molar-refractivity contribution in [1.29, 1.82) is 0 Å². The Morgan fingerprint density at radius 2 is 2.20 bits per heavy atom. The standard InChI is InChI=1S/C11H11ClN2.ClH/c1-9-6-11(3-2-10(9)7-12)14-5-4-13-8-14;/h2-6,8H,7H2,1H3;1H. The highest BCUT2D eigenvalue weighted by Crippen LogP contribution is 2.15. The fraction of sp³-hybridized carbons (Fsp3) is 0.182. The predicted octanol–water partition coefficient (Wildman–Crippen LogP) is 3.34. The SMILES string of the molecule is Cc1cc(-n2ccnc2)ccc1CCl.Cl. The van der Waals surface area contributed by atoms with Gasteiger partial charge >= 0.3 is 0 Å². The molecule has 2 rings (SSSR count). The minimum absolute atomic E-state index is 0. The topological polar surface area (TPSA) is 17.8 Å². The molecule has 1 heterocycles. The molecule has 80 valence electrons. The Kier molecular flexibility index (Phi) is 4.18. The highest BCUT2D eigenvalue weighted by atomic mass is 35.5. The average Bonchev–Trinajstić information content (AvgIpc) is 2.70. The number of halogens is 2. The molecule has 1 aromatic carbocycles. The monoisotopic (exact) mass is 242 g/mol. The van der Waals surface area contributed by atoms with Crippen molar-refractivity contribution in [3.8, 4) is 5.69 Å². The first-order valence-electron chi connectivity index (χ1n) is 4.45. The first kappa shape index (κ1) is 12.1. The van der Waals surface area contributed by atoms with Gasteiger partial charge in [-0.3, -0.25) is 0 Å². The van der Waals surface area contributed by atoms with Gasteiger partial charge < -0.3 is 4.57 Å². The summed E-state index contributed by atoms with van der Waals surface area (Å²) in [6, 6.07) is 6.21. The van der Waals surface area contributed by atoms with Crippen LogP contribution in [0, 0.1) is 6.92 Å². The molecule has 2 nitrogen and oxygen atoms in total. The predicted molar refractivity (Wildman–Crippen MR) is 65.1 cm³/mol. The Bertz CT molecular complexity index is 424. The van der Waals surface area contributed by atoms with Crippen molar-refractivity contribution in [3.63, 3.8) is 0 Å². The van der Waals surface area contributed by atoms with E-state index >= 15 is 0 Å². The van der Waals surface area contributed by atoms with E-state index in [4.69, 9.17) is 11.6 Å². The lowest BCUT2D eigenvalue weighted by atomic mass is 10.1. The molecule has 0 aliphatic carbocycles. The summed E-state index contributed by atoms with van der Waals surface area (Å²) < 4.78 is 1.98. The molecule has 0 spiro atoms. The molecule has 2 aromatic rings. The van der Waals surface area contributed by atoms with E-state index in [1.165, 1.54) is 11.1 Å². The van der Waals surface area contributed by atoms with Crippen LogP contribution in [-0.4, -0.2) is 9.55 Å². The molecule has 0 aliphatic heterocycles. The number of hydrogen-bond acceptors (Lipinski definition) is 1. The minimum atomic E-state index is 0. The van der Waals surface area contributed by atoms with Gasteiger partial charge in [0.15, 0.2) is 0 Å². The van der Waals surface area contributed by atoms with Crippen molar-refractivity contribution in [1.82, 2.24) is 9.55 Å². The van der Waals surface area contributed by atoms with Crippen LogP contribution in [-0.2, 0) is 5.88 Å². The van der Waals surface area contributed by atoms with Gasteiger partial charge in [0.05, 0.1) is 6.33 Å². The summed E-state index contributed by atoms with van der Waals surface area (Å²) in [4.78, 5) is 4.01. The zero-order valence-corrected chi connectivity index (χ0v) is 9.92. The van der Waals surface area contributed by atoms with E-state index in [0.717, 1.165) is 5.69 Å². The second-order valence-corrected chi connectivity index (χ2v) is 3.48. The van der Waals surface area contributed by atoms with Gasteiger partial charge in [-0.25, -0.2) is 4.98 Å². The highest BCUT2D eigenvalue weighted by molar-refractivity contribution is 6.17. The number of hydrogen-bond donors (Lipinski definition) is 0. The summed E-state index contributed by atoms with van der Waals surface area (Å²) in [7, 11) is 0. The number of alkyl halides is 1. The molecule has 0 amide bonds. The number of imidazole rings is 1. The molecule has 4 heteroatoms. The summed E-state index contributed by atoms with van der Waals surface area (Å²) in [5.41, 5.74) is 3.51. The molecule has 0 N–H and O–H groups in total. The largest absolute Gasteiger partial charge is 0.306 e. The first-order valence-corrected chi connectivity index (χ1v) is 4.98. The molecule has 0 fully saturated rings. The third kappa shape index (κ3) is 2.52. The fourth-order valence-corrected chi connectivity index (χ4v) is 1.70. The van der Waals surface area contributed by atoms with Crippen molar-refractivity contribution in [2.75, 3.05) is 0 Å². The van der Waals surface area contributed by atoms with Gasteiger partial charge in [0.2, 0.25) is 0 Å². The number of nitrogens with zero attached hydrogens (tertiary/aromatic N) is 2. The summed E-state index contributed by atoms with van der Waals surface area (Å²) >= 11 is 5.79. The zero-order valence-electron chi connectivity index (χ0n) is 8.35. The number of aryl methyl sites for hydroxylation is 1. The van der Waals surface area contributed by atoms with Gasteiger partial charge in [-0.15, -0.1) is 24.0 Å². The lowest BCUT2D eigenvalue weighted by Gasteiger charge is -2.06. The molecule has 0 aliphatic rings. The summed E-state index contributed by atoms with van der Waals surface area (Å²) in [5.74, 6) is 0.566. The van der Waals surface area contributed by atoms with Crippen LogP contribution in [0.1, 0.15) is 11.1 Å². The third-order valence-corrected chi connectivity index (χ3v) is 2.56. The van der Waals surface area contributed by atoms with Gasteiger partial charge in [0.1, 0.15) is 0 Å². The van der Waals surface area contributed by atoms with E-state index in [9.17, 15) is 0 Å². The summed E-state index contributed by atoms with van der Waals surface area (Å²) in [6.45, 7) is 2.07. The van der Waals surface area contributed by atoms with E-state index in [0.29, 0.717) is 5.88 Å². The fourth-order valence-electron chi connectivity index (χ4n) is 1.40.